The van der Waals surface area contributed by atoms with Gasteiger partial charge in [0.05, 0.1) is 6.04 Å². The molecule has 2 aliphatic heterocycles. The molecule has 120 valence electrons. The van der Waals surface area contributed by atoms with Gasteiger partial charge in [-0.1, -0.05) is 0 Å². The van der Waals surface area contributed by atoms with E-state index in [4.69, 9.17) is 0 Å². The quantitative estimate of drug-likeness (QED) is 0.844. The number of aromatic nitrogens is 2. The van der Waals surface area contributed by atoms with Gasteiger partial charge in [-0.15, -0.1) is 0 Å². The number of hydrogen-bond acceptors (Lipinski definition) is 6. The topological polar surface area (TPSA) is 64.6 Å². The molecular formula is C15H24N6O. The number of hydrogen-bond donors (Lipinski definition) is 1. The molecular weight excluding hydrogens is 280 g/mol. The van der Waals surface area contributed by atoms with Crippen molar-refractivity contribution in [3.63, 3.8) is 0 Å². The summed E-state index contributed by atoms with van der Waals surface area (Å²) in [5, 5.41) is 3.29. The van der Waals surface area contributed by atoms with Crippen LogP contribution in [-0.2, 0) is 4.79 Å². The van der Waals surface area contributed by atoms with Gasteiger partial charge in [-0.2, -0.15) is 4.98 Å². The lowest BCUT2D eigenvalue weighted by molar-refractivity contribution is -0.133. The second-order valence-corrected chi connectivity index (χ2v) is 6.07. The lowest BCUT2D eigenvalue weighted by atomic mass is 10.2. The molecule has 22 heavy (non-hydrogen) atoms. The summed E-state index contributed by atoms with van der Waals surface area (Å²) in [6, 6.07) is 1.97. The molecule has 1 aromatic heterocycles. The molecule has 1 amide bonds. The van der Waals surface area contributed by atoms with Gasteiger partial charge in [0.15, 0.2) is 0 Å². The Morgan fingerprint density at radius 1 is 1.32 bits per heavy atom. The summed E-state index contributed by atoms with van der Waals surface area (Å²) in [6.45, 7) is 4.13. The summed E-state index contributed by atoms with van der Waals surface area (Å²) in [5.41, 5.74) is 0. The molecule has 7 heteroatoms. The average molecular weight is 304 g/mol. The van der Waals surface area contributed by atoms with Crippen LogP contribution in [0.2, 0.25) is 0 Å². The highest BCUT2D eigenvalue weighted by atomic mass is 16.2. The van der Waals surface area contributed by atoms with Crippen LogP contribution >= 0.6 is 0 Å². The van der Waals surface area contributed by atoms with Crippen LogP contribution in [0.3, 0.4) is 0 Å². The third kappa shape index (κ3) is 3.14. The van der Waals surface area contributed by atoms with Crippen molar-refractivity contribution in [1.82, 2.24) is 20.2 Å². The number of anilines is 2. The zero-order valence-electron chi connectivity index (χ0n) is 13.3. The van der Waals surface area contributed by atoms with Gasteiger partial charge in [-0.05, 0) is 25.5 Å². The molecule has 1 unspecified atom stereocenters. The molecule has 0 radical (unpaired) electrons. The molecule has 1 atom stereocenters. The molecule has 1 aromatic rings. The van der Waals surface area contributed by atoms with E-state index in [0.29, 0.717) is 5.95 Å². The summed E-state index contributed by atoms with van der Waals surface area (Å²) in [4.78, 5) is 27.3. The first-order valence-electron chi connectivity index (χ1n) is 7.92. The fourth-order valence-electron chi connectivity index (χ4n) is 3.00. The SMILES string of the molecule is CN(C)c1nccc(N2CCN(C(=O)C3CCCN3)CC2)n1. The van der Waals surface area contributed by atoms with Crippen LogP contribution < -0.4 is 15.1 Å². The van der Waals surface area contributed by atoms with Crippen LogP contribution in [0.25, 0.3) is 0 Å². The number of piperazine rings is 1. The monoisotopic (exact) mass is 304 g/mol. The van der Waals surface area contributed by atoms with Gasteiger partial charge < -0.3 is 20.0 Å². The van der Waals surface area contributed by atoms with E-state index in [2.05, 4.69) is 20.2 Å². The Labute approximate surface area is 131 Å². The van der Waals surface area contributed by atoms with Crippen molar-refractivity contribution in [3.05, 3.63) is 12.3 Å². The van der Waals surface area contributed by atoms with Crippen LogP contribution in [0.1, 0.15) is 12.8 Å². The lowest BCUT2D eigenvalue weighted by Crippen LogP contribution is -2.53. The first-order chi connectivity index (χ1) is 10.6. The van der Waals surface area contributed by atoms with Crippen molar-refractivity contribution in [2.75, 3.05) is 56.6 Å². The van der Waals surface area contributed by atoms with Gasteiger partial charge in [0.1, 0.15) is 5.82 Å². The Hall–Kier alpha value is -1.89. The predicted octanol–water partition coefficient (Wildman–Crippen LogP) is -0.0568. The number of nitrogens with zero attached hydrogens (tertiary/aromatic N) is 5. The van der Waals surface area contributed by atoms with Gasteiger partial charge >= 0.3 is 0 Å². The van der Waals surface area contributed by atoms with E-state index in [1.807, 2.05) is 30.0 Å². The second-order valence-electron chi connectivity index (χ2n) is 6.07. The highest BCUT2D eigenvalue weighted by Crippen LogP contribution is 2.17. The molecule has 3 heterocycles. The minimum Gasteiger partial charge on any atom is -0.353 e. The number of carbonyl (C=O) groups excluding carboxylic acids is 1. The van der Waals surface area contributed by atoms with E-state index in [0.717, 1.165) is 51.4 Å². The predicted molar refractivity (Wildman–Crippen MR) is 86.2 cm³/mol. The van der Waals surface area contributed by atoms with E-state index in [1.54, 1.807) is 6.20 Å². The molecule has 2 aliphatic rings. The third-order valence-electron chi connectivity index (χ3n) is 4.30. The van der Waals surface area contributed by atoms with Crippen molar-refractivity contribution < 1.29 is 4.79 Å². The maximum atomic E-state index is 12.4. The van der Waals surface area contributed by atoms with E-state index < -0.39 is 0 Å². The Morgan fingerprint density at radius 3 is 2.73 bits per heavy atom. The zero-order chi connectivity index (χ0) is 15.5. The molecule has 0 aliphatic carbocycles. The lowest BCUT2D eigenvalue weighted by Gasteiger charge is -2.36. The van der Waals surface area contributed by atoms with Gasteiger partial charge in [0, 0.05) is 46.5 Å². The maximum absolute atomic E-state index is 12.4. The van der Waals surface area contributed by atoms with Crippen molar-refractivity contribution >= 4 is 17.7 Å². The van der Waals surface area contributed by atoms with Gasteiger partial charge in [0.25, 0.3) is 0 Å². The largest absolute Gasteiger partial charge is 0.353 e. The highest BCUT2D eigenvalue weighted by Gasteiger charge is 2.29. The summed E-state index contributed by atoms with van der Waals surface area (Å²) in [7, 11) is 3.87. The van der Waals surface area contributed by atoms with Crippen LogP contribution in [0, 0.1) is 0 Å². The van der Waals surface area contributed by atoms with Gasteiger partial charge in [-0.3, -0.25) is 4.79 Å². The highest BCUT2D eigenvalue weighted by molar-refractivity contribution is 5.82. The van der Waals surface area contributed by atoms with E-state index in [9.17, 15) is 4.79 Å². The van der Waals surface area contributed by atoms with E-state index >= 15 is 0 Å². The maximum Gasteiger partial charge on any atom is 0.239 e. The minimum absolute atomic E-state index is 0.0333. The zero-order valence-corrected chi connectivity index (χ0v) is 13.3. The molecule has 2 saturated heterocycles. The summed E-state index contributed by atoms with van der Waals surface area (Å²) >= 11 is 0. The Balaban J connectivity index is 1.59. The van der Waals surface area contributed by atoms with Crippen LogP contribution in [-0.4, -0.2) is 73.6 Å². The van der Waals surface area contributed by atoms with Gasteiger partial charge in [-0.25, -0.2) is 4.98 Å². The smallest absolute Gasteiger partial charge is 0.239 e. The summed E-state index contributed by atoms with van der Waals surface area (Å²) in [6.07, 6.45) is 3.86. The van der Waals surface area contributed by atoms with E-state index in [1.165, 1.54) is 0 Å². The summed E-state index contributed by atoms with van der Waals surface area (Å²) in [5.74, 6) is 1.91. The molecule has 1 N–H and O–H groups in total. The van der Waals surface area contributed by atoms with Crippen molar-refractivity contribution in [3.8, 4) is 0 Å². The Bertz CT molecular complexity index is 521. The number of nitrogens with one attached hydrogen (secondary N) is 1. The minimum atomic E-state index is 0.0333. The molecule has 7 nitrogen and oxygen atoms in total. The summed E-state index contributed by atoms with van der Waals surface area (Å²) < 4.78 is 0. The molecule has 0 bridgehead atoms. The number of amides is 1. The Kier molecular flexibility index (Phi) is 4.42. The van der Waals surface area contributed by atoms with E-state index in [-0.39, 0.29) is 11.9 Å². The second kappa shape index (κ2) is 6.48. The van der Waals surface area contributed by atoms with Crippen LogP contribution in [0.5, 0.6) is 0 Å². The molecule has 0 aromatic carbocycles. The fraction of sp³-hybridized carbons (Fsp3) is 0.667. The molecule has 2 fully saturated rings. The van der Waals surface area contributed by atoms with Crippen LogP contribution in [0.15, 0.2) is 12.3 Å². The molecule has 3 rings (SSSR count). The van der Waals surface area contributed by atoms with Gasteiger partial charge in [0.2, 0.25) is 11.9 Å². The Morgan fingerprint density at radius 2 is 2.09 bits per heavy atom. The first-order valence-corrected chi connectivity index (χ1v) is 7.92. The van der Waals surface area contributed by atoms with Crippen molar-refractivity contribution in [2.24, 2.45) is 0 Å². The standard InChI is InChI=1S/C15H24N6O/c1-19(2)15-17-7-5-13(18-15)20-8-10-21(11-9-20)14(22)12-4-3-6-16-12/h5,7,12,16H,3-4,6,8-11H2,1-2H3. The fourth-order valence-corrected chi connectivity index (χ4v) is 3.00. The first kappa shape index (κ1) is 15.0. The normalized spacial score (nSPS) is 22.0. The van der Waals surface area contributed by atoms with Crippen LogP contribution in [0.4, 0.5) is 11.8 Å². The molecule has 0 saturated carbocycles. The average Bonchev–Trinajstić information content (AvgIpc) is 3.09. The van der Waals surface area contributed by atoms with Crippen molar-refractivity contribution in [1.29, 1.82) is 0 Å². The number of carbonyl (C=O) groups is 1. The van der Waals surface area contributed by atoms with Crippen molar-refractivity contribution in [2.45, 2.75) is 18.9 Å². The number of rotatable bonds is 3. The molecule has 0 spiro atoms. The third-order valence-corrected chi connectivity index (χ3v) is 4.30.